The van der Waals surface area contributed by atoms with Gasteiger partial charge in [-0.15, -0.1) is 0 Å². The van der Waals surface area contributed by atoms with Crippen LogP contribution >= 0.6 is 0 Å². The van der Waals surface area contributed by atoms with Crippen molar-refractivity contribution < 1.29 is 18.1 Å². The molecule has 3 rings (SSSR count). The third kappa shape index (κ3) is 4.34. The van der Waals surface area contributed by atoms with Crippen LogP contribution in [0.4, 0.5) is 11.5 Å². The molecule has 1 aliphatic heterocycles. The minimum atomic E-state index is -3.91. The van der Waals surface area contributed by atoms with Crippen LogP contribution in [0.3, 0.4) is 0 Å². The van der Waals surface area contributed by atoms with Crippen molar-refractivity contribution in [1.29, 1.82) is 0 Å². The van der Waals surface area contributed by atoms with Gasteiger partial charge < -0.3 is 9.64 Å². The Hall–Kier alpha value is -2.72. The van der Waals surface area contributed by atoms with Gasteiger partial charge in [0, 0.05) is 31.9 Å². The van der Waals surface area contributed by atoms with E-state index >= 15 is 0 Å². The number of pyridine rings is 1. The van der Waals surface area contributed by atoms with Crippen LogP contribution in [-0.2, 0) is 16.6 Å². The van der Waals surface area contributed by atoms with Crippen LogP contribution in [0.15, 0.2) is 41.4 Å². The molecule has 10 heteroatoms. The van der Waals surface area contributed by atoms with Gasteiger partial charge in [-0.05, 0) is 30.5 Å². The van der Waals surface area contributed by atoms with Crippen molar-refractivity contribution in [3.8, 4) is 5.75 Å². The van der Waals surface area contributed by atoms with Crippen LogP contribution in [0.1, 0.15) is 18.4 Å². The average molecular weight is 392 g/mol. The minimum absolute atomic E-state index is 0.0513. The number of nitro groups is 1. The standard InChI is InChI=1S/C17H20N4O5S/c1-26-15-10-14(21(22)23)5-6-16(15)27(24,25)19-12-13-4-7-17(18-11-13)20-8-2-3-9-20/h4-7,10-11,19H,2-3,8-9,12H2,1H3. The largest absolute Gasteiger partial charge is 0.495 e. The highest BCUT2D eigenvalue weighted by molar-refractivity contribution is 7.89. The number of sulfonamides is 1. The van der Waals surface area contributed by atoms with Crippen LogP contribution in [0.25, 0.3) is 0 Å². The van der Waals surface area contributed by atoms with E-state index in [4.69, 9.17) is 4.74 Å². The Morgan fingerprint density at radius 1 is 1.26 bits per heavy atom. The number of methoxy groups -OCH3 is 1. The number of nitrogens with one attached hydrogen (secondary N) is 1. The van der Waals surface area contributed by atoms with Gasteiger partial charge in [0.05, 0.1) is 18.1 Å². The Bertz CT molecular complexity index is 925. The summed E-state index contributed by atoms with van der Waals surface area (Å²) in [5, 5.41) is 10.8. The van der Waals surface area contributed by atoms with Gasteiger partial charge in [0.15, 0.2) is 0 Å². The van der Waals surface area contributed by atoms with Crippen LogP contribution in [0, 0.1) is 10.1 Å². The molecule has 144 valence electrons. The van der Waals surface area contributed by atoms with Crippen molar-refractivity contribution in [2.45, 2.75) is 24.3 Å². The summed E-state index contributed by atoms with van der Waals surface area (Å²) in [6.45, 7) is 2.02. The molecule has 2 aromatic rings. The fraction of sp³-hybridized carbons (Fsp3) is 0.353. The Balaban J connectivity index is 1.72. The number of benzene rings is 1. The summed E-state index contributed by atoms with van der Waals surface area (Å²) in [6, 6.07) is 7.08. The number of rotatable bonds is 7. The zero-order valence-electron chi connectivity index (χ0n) is 14.8. The van der Waals surface area contributed by atoms with Gasteiger partial charge in [-0.25, -0.2) is 18.1 Å². The van der Waals surface area contributed by atoms with Crippen molar-refractivity contribution in [1.82, 2.24) is 9.71 Å². The third-order valence-electron chi connectivity index (χ3n) is 4.35. The molecule has 0 amide bonds. The highest BCUT2D eigenvalue weighted by Crippen LogP contribution is 2.28. The summed E-state index contributed by atoms with van der Waals surface area (Å²) in [5.41, 5.74) is 0.468. The molecule has 1 saturated heterocycles. The molecule has 0 saturated carbocycles. The summed E-state index contributed by atoms with van der Waals surface area (Å²) >= 11 is 0. The first-order valence-corrected chi connectivity index (χ1v) is 9.91. The maximum absolute atomic E-state index is 12.6. The average Bonchev–Trinajstić information content (AvgIpc) is 3.21. The number of hydrogen-bond donors (Lipinski definition) is 1. The van der Waals surface area contributed by atoms with Crippen molar-refractivity contribution in [2.75, 3.05) is 25.1 Å². The zero-order valence-corrected chi connectivity index (χ0v) is 15.6. The molecule has 2 heterocycles. The molecular formula is C17H20N4O5S. The number of ether oxygens (including phenoxy) is 1. The minimum Gasteiger partial charge on any atom is -0.495 e. The maximum atomic E-state index is 12.6. The van der Waals surface area contributed by atoms with Crippen LogP contribution in [0.2, 0.25) is 0 Å². The quantitative estimate of drug-likeness (QED) is 0.566. The Morgan fingerprint density at radius 2 is 2.00 bits per heavy atom. The van der Waals surface area contributed by atoms with Gasteiger partial charge >= 0.3 is 0 Å². The van der Waals surface area contributed by atoms with Gasteiger partial charge in [-0.1, -0.05) is 6.07 Å². The number of aromatic nitrogens is 1. The third-order valence-corrected chi connectivity index (χ3v) is 5.79. The van der Waals surface area contributed by atoms with E-state index in [9.17, 15) is 18.5 Å². The second-order valence-corrected chi connectivity index (χ2v) is 7.87. The molecule has 0 bridgehead atoms. The summed E-state index contributed by atoms with van der Waals surface area (Å²) in [4.78, 5) is 16.7. The van der Waals surface area contributed by atoms with E-state index in [0.29, 0.717) is 5.56 Å². The second-order valence-electron chi connectivity index (χ2n) is 6.14. The first kappa shape index (κ1) is 19.1. The summed E-state index contributed by atoms with van der Waals surface area (Å²) in [5.74, 6) is 0.801. The van der Waals surface area contributed by atoms with Gasteiger partial charge in [0.25, 0.3) is 5.69 Å². The van der Waals surface area contributed by atoms with E-state index in [-0.39, 0.29) is 22.9 Å². The lowest BCUT2D eigenvalue weighted by Crippen LogP contribution is -2.24. The van der Waals surface area contributed by atoms with Crippen LogP contribution < -0.4 is 14.4 Å². The Labute approximate surface area is 157 Å². The molecule has 1 fully saturated rings. The van der Waals surface area contributed by atoms with Gasteiger partial charge in [-0.3, -0.25) is 10.1 Å². The molecule has 0 atom stereocenters. The molecular weight excluding hydrogens is 372 g/mol. The fourth-order valence-electron chi connectivity index (χ4n) is 2.90. The first-order valence-electron chi connectivity index (χ1n) is 8.43. The summed E-state index contributed by atoms with van der Waals surface area (Å²) < 4.78 is 32.6. The van der Waals surface area contributed by atoms with Gasteiger partial charge in [0.1, 0.15) is 16.5 Å². The van der Waals surface area contributed by atoms with Crippen LogP contribution in [-0.4, -0.2) is 38.5 Å². The highest BCUT2D eigenvalue weighted by Gasteiger charge is 2.22. The molecule has 0 spiro atoms. The van der Waals surface area contributed by atoms with E-state index in [1.807, 2.05) is 12.1 Å². The molecule has 1 N–H and O–H groups in total. The molecule has 1 aromatic heterocycles. The molecule has 0 radical (unpaired) electrons. The lowest BCUT2D eigenvalue weighted by Gasteiger charge is -2.16. The van der Waals surface area contributed by atoms with Gasteiger partial charge in [-0.2, -0.15) is 0 Å². The molecule has 1 aliphatic rings. The summed E-state index contributed by atoms with van der Waals surface area (Å²) in [6.07, 6.45) is 3.95. The van der Waals surface area contributed by atoms with Crippen molar-refractivity contribution in [2.24, 2.45) is 0 Å². The topological polar surface area (TPSA) is 115 Å². The maximum Gasteiger partial charge on any atom is 0.273 e. The lowest BCUT2D eigenvalue weighted by molar-refractivity contribution is -0.385. The fourth-order valence-corrected chi connectivity index (χ4v) is 4.07. The molecule has 9 nitrogen and oxygen atoms in total. The predicted octanol–water partition coefficient (Wildman–Crippen LogP) is 2.08. The Morgan fingerprint density at radius 3 is 2.59 bits per heavy atom. The van der Waals surface area contributed by atoms with E-state index < -0.39 is 14.9 Å². The zero-order chi connectivity index (χ0) is 19.4. The molecule has 0 aliphatic carbocycles. The van der Waals surface area contributed by atoms with E-state index in [2.05, 4.69) is 14.6 Å². The molecule has 27 heavy (non-hydrogen) atoms. The van der Waals surface area contributed by atoms with Crippen molar-refractivity contribution >= 4 is 21.5 Å². The number of non-ortho nitro benzene ring substituents is 1. The SMILES string of the molecule is COc1cc([N+](=O)[O-])ccc1S(=O)(=O)NCc1ccc(N2CCCC2)nc1. The normalized spacial score (nSPS) is 14.3. The molecule has 1 aromatic carbocycles. The number of hydrogen-bond acceptors (Lipinski definition) is 7. The summed E-state index contributed by atoms with van der Waals surface area (Å²) in [7, 11) is -2.64. The van der Waals surface area contributed by atoms with Gasteiger partial charge in [0.2, 0.25) is 10.0 Å². The number of anilines is 1. The van der Waals surface area contributed by atoms with Crippen molar-refractivity contribution in [3.63, 3.8) is 0 Å². The monoisotopic (exact) mass is 392 g/mol. The molecule has 0 unspecified atom stereocenters. The van der Waals surface area contributed by atoms with Crippen LogP contribution in [0.5, 0.6) is 5.75 Å². The predicted molar refractivity (Wildman–Crippen MR) is 99.4 cm³/mol. The lowest BCUT2D eigenvalue weighted by atomic mass is 10.3. The number of nitro benzene ring substituents is 1. The smallest absolute Gasteiger partial charge is 0.273 e. The highest BCUT2D eigenvalue weighted by atomic mass is 32.2. The Kier molecular flexibility index (Phi) is 5.57. The van der Waals surface area contributed by atoms with Crippen molar-refractivity contribution in [3.05, 3.63) is 52.2 Å². The van der Waals surface area contributed by atoms with E-state index in [1.165, 1.54) is 7.11 Å². The number of nitrogens with zero attached hydrogens (tertiary/aromatic N) is 3. The second kappa shape index (κ2) is 7.89. The van der Waals surface area contributed by atoms with E-state index in [0.717, 1.165) is 49.9 Å². The van der Waals surface area contributed by atoms with E-state index in [1.54, 1.807) is 6.20 Å². The first-order chi connectivity index (χ1) is 12.9.